The fourth-order valence-electron chi connectivity index (χ4n) is 2.91. The topological polar surface area (TPSA) is 0 Å². The highest BCUT2D eigenvalue weighted by molar-refractivity contribution is 7.99. The van der Waals surface area contributed by atoms with Gasteiger partial charge in [-0.25, -0.2) is 0 Å². The number of benzene rings is 2. The summed E-state index contributed by atoms with van der Waals surface area (Å²) in [7, 11) is 0. The van der Waals surface area contributed by atoms with E-state index in [0.29, 0.717) is 0 Å². The molecule has 3 rings (SSSR count). The predicted octanol–water partition coefficient (Wildman–Crippen LogP) is 5.77. The van der Waals surface area contributed by atoms with E-state index in [1.807, 2.05) is 11.8 Å². The molecule has 0 fully saturated rings. The molecule has 0 unspecified atom stereocenters. The summed E-state index contributed by atoms with van der Waals surface area (Å²) in [6.45, 7) is 11.5. The molecular weight excluding hydrogens is 260 g/mol. The maximum atomic E-state index is 2.41. The number of rotatable bonds is 0. The molecule has 20 heavy (non-hydrogen) atoms. The van der Waals surface area contributed by atoms with Gasteiger partial charge in [-0.2, -0.15) is 0 Å². The molecule has 0 bridgehead atoms. The second kappa shape index (κ2) is 4.39. The van der Waals surface area contributed by atoms with Crippen molar-refractivity contribution in [1.82, 2.24) is 0 Å². The Kier molecular flexibility index (Phi) is 3.02. The van der Waals surface area contributed by atoms with Crippen LogP contribution in [0, 0.1) is 0 Å². The molecule has 0 saturated heterocycles. The lowest BCUT2D eigenvalue weighted by atomic mass is 9.75. The Bertz CT molecular complexity index is 660. The fraction of sp³-hybridized carbons (Fsp3) is 0.368. The molecule has 1 aliphatic heterocycles. The highest BCUT2D eigenvalue weighted by Crippen LogP contribution is 2.49. The minimum Gasteiger partial charge on any atom is -0.0895 e. The highest BCUT2D eigenvalue weighted by Gasteiger charge is 2.33. The monoisotopic (exact) mass is 282 g/mol. The third-order valence-corrected chi connectivity index (χ3v) is 5.45. The summed E-state index contributed by atoms with van der Waals surface area (Å²) < 4.78 is 0. The molecular formula is C19H22S. The summed E-state index contributed by atoms with van der Waals surface area (Å²) in [6, 6.07) is 15.8. The van der Waals surface area contributed by atoms with Crippen molar-refractivity contribution in [2.75, 3.05) is 0 Å². The van der Waals surface area contributed by atoms with Crippen molar-refractivity contribution in [3.8, 4) is 0 Å². The van der Waals surface area contributed by atoms with Gasteiger partial charge in [0.2, 0.25) is 0 Å². The van der Waals surface area contributed by atoms with Gasteiger partial charge in [0.1, 0.15) is 0 Å². The normalized spacial score (nSPS) is 16.4. The van der Waals surface area contributed by atoms with Crippen molar-refractivity contribution in [2.45, 2.75) is 55.2 Å². The standard InChI is InChI=1S/C19H22S/c1-18(2,3)13-10-11-17-15(12-13)19(4,5)14-8-6-7-9-16(14)20-17/h6-12H,1-5H3. The molecule has 0 nitrogen and oxygen atoms in total. The summed E-state index contributed by atoms with van der Waals surface area (Å²) in [5, 5.41) is 0. The lowest BCUT2D eigenvalue weighted by Gasteiger charge is -2.35. The average Bonchev–Trinajstić information content (AvgIpc) is 2.37. The molecule has 0 aromatic heterocycles. The van der Waals surface area contributed by atoms with Gasteiger partial charge in [-0.3, -0.25) is 0 Å². The molecule has 1 heterocycles. The van der Waals surface area contributed by atoms with Crippen molar-refractivity contribution in [3.05, 3.63) is 59.2 Å². The van der Waals surface area contributed by atoms with Gasteiger partial charge < -0.3 is 0 Å². The van der Waals surface area contributed by atoms with Crippen molar-refractivity contribution >= 4 is 11.8 Å². The Balaban J connectivity index is 2.20. The van der Waals surface area contributed by atoms with Gasteiger partial charge >= 0.3 is 0 Å². The first-order valence-electron chi connectivity index (χ1n) is 7.22. The predicted molar refractivity (Wildman–Crippen MR) is 87.8 cm³/mol. The SMILES string of the molecule is CC(C)(C)c1ccc2c(c1)C(C)(C)c1ccccc1S2. The van der Waals surface area contributed by atoms with Crippen LogP contribution in [0.2, 0.25) is 0 Å². The molecule has 0 saturated carbocycles. The van der Waals surface area contributed by atoms with Gasteiger partial charge in [0.25, 0.3) is 0 Å². The van der Waals surface area contributed by atoms with Crippen LogP contribution in [0.1, 0.15) is 51.3 Å². The van der Waals surface area contributed by atoms with Gasteiger partial charge in [0.15, 0.2) is 0 Å². The molecule has 0 aliphatic carbocycles. The highest BCUT2D eigenvalue weighted by atomic mass is 32.2. The maximum absolute atomic E-state index is 2.41. The van der Waals surface area contributed by atoms with E-state index in [1.54, 1.807) is 0 Å². The molecule has 104 valence electrons. The summed E-state index contributed by atoms with van der Waals surface area (Å²) in [4.78, 5) is 2.80. The first-order chi connectivity index (χ1) is 9.30. The molecule has 1 aliphatic rings. The number of fused-ring (bicyclic) bond motifs is 2. The Morgan fingerprint density at radius 3 is 2.20 bits per heavy atom. The van der Waals surface area contributed by atoms with Crippen LogP contribution in [0.25, 0.3) is 0 Å². The molecule has 0 spiro atoms. The Labute approximate surface area is 126 Å². The zero-order chi connectivity index (χ0) is 14.5. The van der Waals surface area contributed by atoms with Gasteiger partial charge in [-0.05, 0) is 34.2 Å². The van der Waals surface area contributed by atoms with E-state index in [0.717, 1.165) is 0 Å². The van der Waals surface area contributed by atoms with Crippen LogP contribution < -0.4 is 0 Å². The van der Waals surface area contributed by atoms with E-state index in [9.17, 15) is 0 Å². The Morgan fingerprint density at radius 1 is 0.850 bits per heavy atom. The minimum absolute atomic E-state index is 0.0818. The zero-order valence-corrected chi connectivity index (χ0v) is 13.8. The maximum Gasteiger partial charge on any atom is 0.0169 e. The zero-order valence-electron chi connectivity index (χ0n) is 12.9. The Morgan fingerprint density at radius 2 is 1.50 bits per heavy atom. The molecule has 2 aromatic carbocycles. The van der Waals surface area contributed by atoms with E-state index < -0.39 is 0 Å². The second-order valence-electron chi connectivity index (χ2n) is 7.18. The van der Waals surface area contributed by atoms with Crippen LogP contribution >= 0.6 is 11.8 Å². The number of hydrogen-bond acceptors (Lipinski definition) is 1. The quantitative estimate of drug-likeness (QED) is 0.590. The third kappa shape index (κ3) is 2.09. The second-order valence-corrected chi connectivity index (χ2v) is 8.27. The molecule has 2 aromatic rings. The first kappa shape index (κ1) is 13.8. The van der Waals surface area contributed by atoms with E-state index in [1.165, 1.54) is 26.5 Å². The average molecular weight is 282 g/mol. The van der Waals surface area contributed by atoms with Crippen LogP contribution in [0.15, 0.2) is 52.3 Å². The van der Waals surface area contributed by atoms with Gasteiger partial charge in [0.05, 0.1) is 0 Å². The van der Waals surface area contributed by atoms with E-state index in [-0.39, 0.29) is 10.8 Å². The summed E-state index contributed by atoms with van der Waals surface area (Å²) in [5.74, 6) is 0. The van der Waals surface area contributed by atoms with Crippen molar-refractivity contribution in [1.29, 1.82) is 0 Å². The van der Waals surface area contributed by atoms with Crippen molar-refractivity contribution < 1.29 is 0 Å². The molecule has 1 heteroatoms. The minimum atomic E-state index is 0.0818. The summed E-state index contributed by atoms with van der Waals surface area (Å²) >= 11 is 1.90. The lowest BCUT2D eigenvalue weighted by molar-refractivity contribution is 0.573. The lowest BCUT2D eigenvalue weighted by Crippen LogP contribution is -2.25. The van der Waals surface area contributed by atoms with Crippen LogP contribution in [-0.2, 0) is 10.8 Å². The van der Waals surface area contributed by atoms with Crippen molar-refractivity contribution in [2.24, 2.45) is 0 Å². The smallest absolute Gasteiger partial charge is 0.0169 e. The summed E-state index contributed by atoms with van der Waals surface area (Å²) in [6.07, 6.45) is 0. The van der Waals surface area contributed by atoms with Gasteiger partial charge in [0, 0.05) is 15.2 Å². The van der Waals surface area contributed by atoms with Crippen LogP contribution in [-0.4, -0.2) is 0 Å². The number of hydrogen-bond donors (Lipinski definition) is 0. The van der Waals surface area contributed by atoms with E-state index in [4.69, 9.17) is 0 Å². The van der Waals surface area contributed by atoms with Gasteiger partial charge in [-0.15, -0.1) is 0 Å². The summed E-state index contributed by atoms with van der Waals surface area (Å²) in [5.41, 5.74) is 4.62. The molecule has 0 N–H and O–H groups in total. The van der Waals surface area contributed by atoms with Crippen LogP contribution in [0.4, 0.5) is 0 Å². The molecule has 0 atom stereocenters. The van der Waals surface area contributed by atoms with Crippen LogP contribution in [0.3, 0.4) is 0 Å². The third-order valence-electron chi connectivity index (χ3n) is 4.30. The first-order valence-corrected chi connectivity index (χ1v) is 8.04. The fourth-order valence-corrected chi connectivity index (χ4v) is 4.29. The molecule has 0 amide bonds. The van der Waals surface area contributed by atoms with Gasteiger partial charge in [-0.1, -0.05) is 76.7 Å². The van der Waals surface area contributed by atoms with E-state index in [2.05, 4.69) is 77.1 Å². The van der Waals surface area contributed by atoms with Crippen LogP contribution in [0.5, 0.6) is 0 Å². The van der Waals surface area contributed by atoms with Crippen molar-refractivity contribution in [3.63, 3.8) is 0 Å². The van der Waals surface area contributed by atoms with E-state index >= 15 is 0 Å². The molecule has 0 radical (unpaired) electrons. The largest absolute Gasteiger partial charge is 0.0895 e. The Hall–Kier alpha value is -1.21.